The van der Waals surface area contributed by atoms with Gasteiger partial charge in [0.1, 0.15) is 5.75 Å². The third-order valence-electron chi connectivity index (χ3n) is 3.90. The Balaban J connectivity index is 1.94. The van der Waals surface area contributed by atoms with Crippen molar-refractivity contribution < 1.29 is 19.0 Å². The monoisotopic (exact) mass is 355 g/mol. The summed E-state index contributed by atoms with van der Waals surface area (Å²) in [6, 6.07) is 13.2. The number of likely N-dealkylation sites (N-methyl/N-ethyl adjacent to an activating group) is 1. The van der Waals surface area contributed by atoms with Gasteiger partial charge < -0.3 is 19.1 Å². The molecule has 0 spiro atoms. The van der Waals surface area contributed by atoms with Gasteiger partial charge in [-0.2, -0.15) is 0 Å². The summed E-state index contributed by atoms with van der Waals surface area (Å²) in [7, 11) is 4.96. The van der Waals surface area contributed by atoms with Crippen LogP contribution in [0, 0.1) is 0 Å². The predicted molar refractivity (Wildman–Crippen MR) is 103 cm³/mol. The van der Waals surface area contributed by atoms with E-state index in [1.54, 1.807) is 26.2 Å². The molecule has 2 aromatic rings. The lowest BCUT2D eigenvalue weighted by atomic mass is 10.2. The third-order valence-corrected chi connectivity index (χ3v) is 3.90. The van der Waals surface area contributed by atoms with Crippen LogP contribution in [0.25, 0.3) is 6.08 Å². The predicted octanol–water partition coefficient (Wildman–Crippen LogP) is 3.77. The van der Waals surface area contributed by atoms with Crippen LogP contribution in [0.5, 0.6) is 17.2 Å². The molecule has 0 saturated carbocycles. The highest BCUT2D eigenvalue weighted by Gasteiger charge is 2.12. The van der Waals surface area contributed by atoms with E-state index in [1.807, 2.05) is 61.5 Å². The Kier molecular flexibility index (Phi) is 7.09. The molecule has 2 rings (SSSR count). The average Bonchev–Trinajstić information content (AvgIpc) is 2.67. The van der Waals surface area contributed by atoms with Crippen LogP contribution in [-0.2, 0) is 11.3 Å². The van der Waals surface area contributed by atoms with Crippen molar-refractivity contribution in [2.45, 2.75) is 13.5 Å². The molecule has 0 N–H and O–H groups in total. The van der Waals surface area contributed by atoms with Crippen molar-refractivity contribution in [1.82, 2.24) is 4.90 Å². The summed E-state index contributed by atoms with van der Waals surface area (Å²) in [4.78, 5) is 14.0. The lowest BCUT2D eigenvalue weighted by Gasteiger charge is -2.18. The minimum Gasteiger partial charge on any atom is -0.497 e. The molecule has 5 nitrogen and oxygen atoms in total. The topological polar surface area (TPSA) is 48.0 Å². The summed E-state index contributed by atoms with van der Waals surface area (Å²) in [6.07, 6.45) is 3.92. The standard InChI is InChI=1S/C21H25NO4/c1-5-6-16-9-12-19(20(13-16)25-4)26-15-21(23)22(2)14-17-7-10-18(24-3)11-8-17/h5-13H,14-15H2,1-4H3/b6-5+. The Labute approximate surface area is 154 Å². The molecule has 0 radical (unpaired) electrons. The van der Waals surface area contributed by atoms with E-state index in [-0.39, 0.29) is 12.5 Å². The molecule has 0 atom stereocenters. The van der Waals surface area contributed by atoms with Crippen LogP contribution < -0.4 is 14.2 Å². The number of carbonyl (C=O) groups is 1. The van der Waals surface area contributed by atoms with Gasteiger partial charge in [-0.15, -0.1) is 0 Å². The van der Waals surface area contributed by atoms with Crippen molar-refractivity contribution in [2.24, 2.45) is 0 Å². The second kappa shape index (κ2) is 9.51. The molecule has 1 amide bonds. The molecule has 0 fully saturated rings. The van der Waals surface area contributed by atoms with Gasteiger partial charge >= 0.3 is 0 Å². The molecular formula is C21H25NO4. The molecule has 5 heteroatoms. The molecule has 0 saturated heterocycles. The van der Waals surface area contributed by atoms with E-state index in [4.69, 9.17) is 14.2 Å². The van der Waals surface area contributed by atoms with Crippen molar-refractivity contribution in [1.29, 1.82) is 0 Å². The quantitative estimate of drug-likeness (QED) is 0.723. The molecule has 138 valence electrons. The highest BCUT2D eigenvalue weighted by atomic mass is 16.5. The molecule has 0 aliphatic carbocycles. The second-order valence-corrected chi connectivity index (χ2v) is 5.80. The summed E-state index contributed by atoms with van der Waals surface area (Å²) in [5, 5.41) is 0. The summed E-state index contributed by atoms with van der Waals surface area (Å²) in [5.41, 5.74) is 2.04. The molecule has 0 aromatic heterocycles. The van der Waals surface area contributed by atoms with Gasteiger partial charge in [0.05, 0.1) is 14.2 Å². The van der Waals surface area contributed by atoms with Crippen molar-refractivity contribution in [3.63, 3.8) is 0 Å². The maximum Gasteiger partial charge on any atom is 0.260 e. The fourth-order valence-electron chi connectivity index (χ4n) is 2.44. The highest BCUT2D eigenvalue weighted by molar-refractivity contribution is 5.77. The van der Waals surface area contributed by atoms with E-state index in [1.165, 1.54) is 0 Å². The van der Waals surface area contributed by atoms with E-state index >= 15 is 0 Å². The molecule has 0 heterocycles. The van der Waals surface area contributed by atoms with Crippen molar-refractivity contribution >= 4 is 12.0 Å². The van der Waals surface area contributed by atoms with Crippen molar-refractivity contribution in [3.05, 3.63) is 59.7 Å². The van der Waals surface area contributed by atoms with Gasteiger partial charge in [0, 0.05) is 13.6 Å². The zero-order chi connectivity index (χ0) is 18.9. The van der Waals surface area contributed by atoms with Gasteiger partial charge in [-0.1, -0.05) is 30.4 Å². The lowest BCUT2D eigenvalue weighted by Crippen LogP contribution is -2.31. The first kappa shape index (κ1) is 19.4. The normalized spacial score (nSPS) is 10.6. The first-order valence-electron chi connectivity index (χ1n) is 8.37. The SMILES string of the molecule is C/C=C/c1ccc(OCC(=O)N(C)Cc2ccc(OC)cc2)c(OC)c1. The van der Waals surface area contributed by atoms with E-state index in [0.717, 1.165) is 16.9 Å². The highest BCUT2D eigenvalue weighted by Crippen LogP contribution is 2.28. The van der Waals surface area contributed by atoms with Crippen molar-refractivity contribution in [3.8, 4) is 17.2 Å². The Morgan fingerprint density at radius 2 is 1.77 bits per heavy atom. The number of hydrogen-bond acceptors (Lipinski definition) is 4. The van der Waals surface area contributed by atoms with Crippen LogP contribution in [0.4, 0.5) is 0 Å². The van der Waals surface area contributed by atoms with E-state index in [2.05, 4.69) is 0 Å². The average molecular weight is 355 g/mol. The number of benzene rings is 2. The van der Waals surface area contributed by atoms with E-state index in [0.29, 0.717) is 18.0 Å². The fourth-order valence-corrected chi connectivity index (χ4v) is 2.44. The van der Waals surface area contributed by atoms with Crippen LogP contribution in [0.1, 0.15) is 18.1 Å². The maximum atomic E-state index is 12.3. The molecule has 0 aliphatic rings. The molecule has 2 aromatic carbocycles. The Bertz CT molecular complexity index is 753. The van der Waals surface area contributed by atoms with Gasteiger partial charge in [0.25, 0.3) is 5.91 Å². The zero-order valence-corrected chi connectivity index (χ0v) is 15.7. The number of carbonyl (C=O) groups excluding carboxylic acids is 1. The summed E-state index contributed by atoms with van der Waals surface area (Å²) in [5.74, 6) is 1.83. The number of allylic oxidation sites excluding steroid dienone is 1. The number of ether oxygens (including phenoxy) is 3. The van der Waals surface area contributed by atoms with Crippen LogP contribution in [0.2, 0.25) is 0 Å². The lowest BCUT2D eigenvalue weighted by molar-refractivity contribution is -0.132. The molecule has 0 bridgehead atoms. The number of methoxy groups -OCH3 is 2. The van der Waals surface area contributed by atoms with E-state index < -0.39 is 0 Å². The fraction of sp³-hybridized carbons (Fsp3) is 0.286. The van der Waals surface area contributed by atoms with Gasteiger partial charge in [-0.25, -0.2) is 0 Å². The summed E-state index contributed by atoms with van der Waals surface area (Å²) >= 11 is 0. The number of rotatable bonds is 8. The minimum absolute atomic E-state index is 0.0496. The number of amides is 1. The molecule has 26 heavy (non-hydrogen) atoms. The van der Waals surface area contributed by atoms with E-state index in [9.17, 15) is 4.79 Å². The van der Waals surface area contributed by atoms with Crippen LogP contribution in [0.3, 0.4) is 0 Å². The number of hydrogen-bond donors (Lipinski definition) is 0. The maximum absolute atomic E-state index is 12.3. The van der Waals surface area contributed by atoms with Gasteiger partial charge in [0.2, 0.25) is 0 Å². The number of nitrogens with zero attached hydrogens (tertiary/aromatic N) is 1. The van der Waals surface area contributed by atoms with Gasteiger partial charge in [-0.3, -0.25) is 4.79 Å². The molecule has 0 unspecified atom stereocenters. The first-order valence-corrected chi connectivity index (χ1v) is 8.37. The molecular weight excluding hydrogens is 330 g/mol. The smallest absolute Gasteiger partial charge is 0.260 e. The van der Waals surface area contributed by atoms with Crippen molar-refractivity contribution in [2.75, 3.05) is 27.9 Å². The van der Waals surface area contributed by atoms with Crippen LogP contribution >= 0.6 is 0 Å². The summed E-state index contributed by atoms with van der Waals surface area (Å²) < 4.78 is 16.1. The van der Waals surface area contributed by atoms with Gasteiger partial charge in [-0.05, 0) is 42.3 Å². The Morgan fingerprint density at radius 3 is 2.38 bits per heavy atom. The Hall–Kier alpha value is -2.95. The Morgan fingerprint density at radius 1 is 1.04 bits per heavy atom. The first-order chi connectivity index (χ1) is 12.6. The third kappa shape index (κ3) is 5.28. The van der Waals surface area contributed by atoms with Crippen LogP contribution in [0.15, 0.2) is 48.5 Å². The minimum atomic E-state index is -0.111. The second-order valence-electron chi connectivity index (χ2n) is 5.80. The zero-order valence-electron chi connectivity index (χ0n) is 15.7. The largest absolute Gasteiger partial charge is 0.497 e. The molecule has 0 aliphatic heterocycles. The summed E-state index contributed by atoms with van der Waals surface area (Å²) in [6.45, 7) is 2.41. The van der Waals surface area contributed by atoms with Crippen LogP contribution in [-0.4, -0.2) is 38.7 Å². The van der Waals surface area contributed by atoms with Gasteiger partial charge in [0.15, 0.2) is 18.1 Å².